The monoisotopic (exact) mass is 183 g/mol. The van der Waals surface area contributed by atoms with E-state index in [4.69, 9.17) is 0 Å². The summed E-state index contributed by atoms with van der Waals surface area (Å²) in [5.41, 5.74) is 0.497. The molecule has 1 aliphatic rings. The summed E-state index contributed by atoms with van der Waals surface area (Å²) in [4.78, 5) is 2.66. The highest BCUT2D eigenvalue weighted by Gasteiger charge is 2.19. The maximum Gasteiger partial charge on any atom is 0.00669 e. The lowest BCUT2D eigenvalue weighted by Crippen LogP contribution is -2.39. The number of rotatable bonds is 2. The van der Waals surface area contributed by atoms with Crippen LogP contribution in [0, 0.1) is 5.41 Å². The molecule has 1 atom stereocenters. The molecule has 0 aliphatic carbocycles. The fourth-order valence-electron chi connectivity index (χ4n) is 1.97. The Hall–Kier alpha value is -0.0400. The average Bonchev–Trinajstić information content (AvgIpc) is 2.01. The molecular formula is C12H25N. The lowest BCUT2D eigenvalue weighted by Gasteiger charge is -2.35. The number of piperidine rings is 1. The first-order valence-electron chi connectivity index (χ1n) is 5.73. The predicted molar refractivity (Wildman–Crippen MR) is 59.0 cm³/mol. The molecule has 0 aromatic carbocycles. The molecule has 0 radical (unpaired) electrons. The van der Waals surface area contributed by atoms with Crippen molar-refractivity contribution in [2.75, 3.05) is 13.1 Å². The first kappa shape index (κ1) is 11.0. The van der Waals surface area contributed by atoms with Crippen molar-refractivity contribution in [3.8, 4) is 0 Å². The van der Waals surface area contributed by atoms with Gasteiger partial charge in [0.05, 0.1) is 0 Å². The molecule has 1 aliphatic heterocycles. The summed E-state index contributed by atoms with van der Waals surface area (Å²) in [7, 11) is 0. The van der Waals surface area contributed by atoms with Crippen LogP contribution in [-0.2, 0) is 0 Å². The van der Waals surface area contributed by atoms with Gasteiger partial charge in [-0.25, -0.2) is 0 Å². The molecule has 0 spiro atoms. The lowest BCUT2D eigenvalue weighted by molar-refractivity contribution is 0.141. The Morgan fingerprint density at radius 1 is 1.23 bits per heavy atom. The van der Waals surface area contributed by atoms with Gasteiger partial charge >= 0.3 is 0 Å². The van der Waals surface area contributed by atoms with Crippen molar-refractivity contribution in [1.29, 1.82) is 0 Å². The first-order chi connectivity index (χ1) is 5.99. The Labute approximate surface area is 83.5 Å². The summed E-state index contributed by atoms with van der Waals surface area (Å²) in [6.45, 7) is 12.0. The summed E-state index contributed by atoms with van der Waals surface area (Å²) >= 11 is 0. The van der Waals surface area contributed by atoms with Gasteiger partial charge in [-0.05, 0) is 44.7 Å². The topological polar surface area (TPSA) is 3.24 Å². The molecule has 1 fully saturated rings. The zero-order valence-corrected chi connectivity index (χ0v) is 9.77. The van der Waals surface area contributed by atoms with Crippen LogP contribution < -0.4 is 0 Å². The van der Waals surface area contributed by atoms with Gasteiger partial charge < -0.3 is 4.90 Å². The van der Waals surface area contributed by atoms with Gasteiger partial charge in [0.25, 0.3) is 0 Å². The summed E-state index contributed by atoms with van der Waals surface area (Å²) < 4.78 is 0. The minimum Gasteiger partial charge on any atom is -0.301 e. The molecule has 1 unspecified atom stereocenters. The Morgan fingerprint density at radius 2 is 1.92 bits per heavy atom. The minimum atomic E-state index is 0.497. The van der Waals surface area contributed by atoms with Gasteiger partial charge in [-0.2, -0.15) is 0 Å². The summed E-state index contributed by atoms with van der Waals surface area (Å²) in [6.07, 6.45) is 5.59. The second kappa shape index (κ2) is 4.45. The van der Waals surface area contributed by atoms with E-state index in [0.717, 1.165) is 6.04 Å². The molecule has 1 heteroatoms. The second-order valence-corrected chi connectivity index (χ2v) is 5.69. The van der Waals surface area contributed by atoms with Gasteiger partial charge in [0, 0.05) is 6.04 Å². The van der Waals surface area contributed by atoms with Crippen LogP contribution in [0.4, 0.5) is 0 Å². The van der Waals surface area contributed by atoms with Crippen molar-refractivity contribution in [3.63, 3.8) is 0 Å². The minimum absolute atomic E-state index is 0.497. The molecule has 0 aromatic rings. The molecule has 1 heterocycles. The number of hydrogen-bond donors (Lipinski definition) is 0. The van der Waals surface area contributed by atoms with Gasteiger partial charge in [-0.15, -0.1) is 0 Å². The smallest absolute Gasteiger partial charge is 0.00669 e. The number of nitrogens with zero attached hydrogens (tertiary/aromatic N) is 1. The van der Waals surface area contributed by atoms with Crippen molar-refractivity contribution in [1.82, 2.24) is 4.90 Å². The van der Waals surface area contributed by atoms with Crippen molar-refractivity contribution in [3.05, 3.63) is 0 Å². The highest BCUT2D eigenvalue weighted by Crippen LogP contribution is 2.22. The van der Waals surface area contributed by atoms with Crippen LogP contribution in [0.2, 0.25) is 0 Å². The van der Waals surface area contributed by atoms with E-state index in [1.165, 1.54) is 38.8 Å². The van der Waals surface area contributed by atoms with Gasteiger partial charge in [-0.1, -0.05) is 27.2 Å². The van der Waals surface area contributed by atoms with E-state index in [2.05, 4.69) is 32.6 Å². The lowest BCUT2D eigenvalue weighted by atomic mass is 9.91. The Kier molecular flexibility index (Phi) is 3.78. The zero-order chi connectivity index (χ0) is 9.90. The largest absolute Gasteiger partial charge is 0.301 e. The van der Waals surface area contributed by atoms with Gasteiger partial charge in [0.15, 0.2) is 0 Å². The van der Waals surface area contributed by atoms with Crippen LogP contribution in [0.1, 0.15) is 53.4 Å². The molecule has 1 nitrogen and oxygen atoms in total. The number of likely N-dealkylation sites (tertiary alicyclic amines) is 1. The van der Waals surface area contributed by atoms with Crippen molar-refractivity contribution in [2.24, 2.45) is 5.41 Å². The van der Waals surface area contributed by atoms with Crippen LogP contribution in [0.25, 0.3) is 0 Å². The molecule has 13 heavy (non-hydrogen) atoms. The number of hydrogen-bond acceptors (Lipinski definition) is 1. The standard InChI is InChI=1S/C12H25N/c1-11-7-5-6-9-13(11)10-8-12(2,3)4/h11H,5-10H2,1-4H3. The zero-order valence-electron chi connectivity index (χ0n) is 9.77. The highest BCUT2D eigenvalue weighted by molar-refractivity contribution is 4.74. The van der Waals surface area contributed by atoms with E-state index in [-0.39, 0.29) is 0 Å². The SMILES string of the molecule is CC1CCCCN1CCC(C)(C)C. The molecule has 0 N–H and O–H groups in total. The van der Waals surface area contributed by atoms with E-state index >= 15 is 0 Å². The molecule has 78 valence electrons. The first-order valence-corrected chi connectivity index (χ1v) is 5.73. The molecule has 1 saturated heterocycles. The van der Waals surface area contributed by atoms with Crippen LogP contribution >= 0.6 is 0 Å². The summed E-state index contributed by atoms with van der Waals surface area (Å²) in [6, 6.07) is 0.830. The summed E-state index contributed by atoms with van der Waals surface area (Å²) in [5.74, 6) is 0. The van der Waals surface area contributed by atoms with Gasteiger partial charge in [0.2, 0.25) is 0 Å². The predicted octanol–water partition coefficient (Wildman–Crippen LogP) is 3.30. The van der Waals surface area contributed by atoms with E-state index in [9.17, 15) is 0 Å². The van der Waals surface area contributed by atoms with Crippen molar-refractivity contribution in [2.45, 2.75) is 59.4 Å². The maximum atomic E-state index is 2.66. The highest BCUT2D eigenvalue weighted by atomic mass is 15.2. The van der Waals surface area contributed by atoms with Gasteiger partial charge in [0.1, 0.15) is 0 Å². The molecule has 0 bridgehead atoms. The Bertz CT molecular complexity index is 146. The van der Waals surface area contributed by atoms with Crippen LogP contribution in [-0.4, -0.2) is 24.0 Å². The quantitative estimate of drug-likeness (QED) is 0.635. The molecule has 1 rings (SSSR count). The van der Waals surface area contributed by atoms with E-state index in [0.29, 0.717) is 5.41 Å². The van der Waals surface area contributed by atoms with Crippen LogP contribution in [0.15, 0.2) is 0 Å². The molecule has 0 aromatic heterocycles. The van der Waals surface area contributed by atoms with Crippen molar-refractivity contribution < 1.29 is 0 Å². The molecule has 0 amide bonds. The van der Waals surface area contributed by atoms with Crippen LogP contribution in [0.3, 0.4) is 0 Å². The second-order valence-electron chi connectivity index (χ2n) is 5.69. The van der Waals surface area contributed by atoms with Gasteiger partial charge in [-0.3, -0.25) is 0 Å². The normalized spacial score (nSPS) is 26.3. The molecule has 0 saturated carbocycles. The average molecular weight is 183 g/mol. The van der Waals surface area contributed by atoms with E-state index in [1.807, 2.05) is 0 Å². The van der Waals surface area contributed by atoms with Crippen LogP contribution in [0.5, 0.6) is 0 Å². The van der Waals surface area contributed by atoms with Crippen molar-refractivity contribution >= 4 is 0 Å². The third-order valence-corrected chi connectivity index (χ3v) is 3.09. The third-order valence-electron chi connectivity index (χ3n) is 3.09. The fourth-order valence-corrected chi connectivity index (χ4v) is 1.97. The fraction of sp³-hybridized carbons (Fsp3) is 1.00. The Balaban J connectivity index is 2.27. The van der Waals surface area contributed by atoms with E-state index < -0.39 is 0 Å². The Morgan fingerprint density at radius 3 is 2.46 bits per heavy atom. The van der Waals surface area contributed by atoms with E-state index in [1.54, 1.807) is 0 Å². The maximum absolute atomic E-state index is 2.66. The third kappa shape index (κ3) is 4.12. The summed E-state index contributed by atoms with van der Waals surface area (Å²) in [5, 5.41) is 0. The molecular weight excluding hydrogens is 158 g/mol.